The molecule has 0 saturated carbocycles. The second-order valence-electron chi connectivity index (χ2n) is 8.64. The molecule has 0 atom stereocenters. The maximum atomic E-state index is 6.63. The second-order valence-corrected chi connectivity index (χ2v) is 9.17. The fourth-order valence-electron chi connectivity index (χ4n) is 3.95. The first-order valence-electron chi connectivity index (χ1n) is 13.5. The van der Waals surface area contributed by atoms with Crippen molar-refractivity contribution in [2.75, 3.05) is 13.2 Å². The Morgan fingerprint density at radius 1 is 0.587 bits per heavy atom. The van der Waals surface area contributed by atoms with Crippen LogP contribution in [0, 0.1) is 96.1 Å². The summed E-state index contributed by atoms with van der Waals surface area (Å²) in [6, 6.07) is 14.9. The van der Waals surface area contributed by atoms with Crippen LogP contribution in [-0.2, 0) is 11.8 Å². The lowest BCUT2D eigenvalue weighted by molar-refractivity contribution is 0.314. The smallest absolute Gasteiger partial charge is 0.184 e. The van der Waals surface area contributed by atoms with Gasteiger partial charge in [0.1, 0.15) is 25.4 Å². The van der Waals surface area contributed by atoms with Crippen molar-refractivity contribution in [3.63, 3.8) is 0 Å². The van der Waals surface area contributed by atoms with Gasteiger partial charge in [0, 0.05) is 23.6 Å². The molecule has 0 heterocycles. The van der Waals surface area contributed by atoms with Gasteiger partial charge in [-0.1, -0.05) is 24.0 Å². The van der Waals surface area contributed by atoms with Crippen LogP contribution in [-0.4, -0.2) is 13.2 Å². The molecule has 222 valence electrons. The van der Waals surface area contributed by atoms with Gasteiger partial charge in [0.05, 0.1) is 0 Å². The molecule has 0 aromatic heterocycles. The van der Waals surface area contributed by atoms with Gasteiger partial charge in [0.2, 0.25) is 0 Å². The van der Waals surface area contributed by atoms with Crippen molar-refractivity contribution in [3.05, 3.63) is 59.7 Å². The average Bonchev–Trinajstić information content (AvgIpc) is 3.09. The number of rotatable bonds is 10. The lowest BCUT2D eigenvalue weighted by Crippen LogP contribution is -2.01. The van der Waals surface area contributed by atoms with Crippen LogP contribution in [0.2, 0.25) is 0 Å². The maximum Gasteiger partial charge on any atom is 0.184 e. The van der Waals surface area contributed by atoms with E-state index in [1.165, 1.54) is 0 Å². The number of hydrogen-bond acceptors (Lipinski definition) is 4. The van der Waals surface area contributed by atoms with Crippen LogP contribution < -0.4 is 18.9 Å². The number of benzene rings is 3. The molecule has 3 aromatic carbocycles. The predicted molar refractivity (Wildman–Crippen MR) is 184 cm³/mol. The summed E-state index contributed by atoms with van der Waals surface area (Å²) in [7, 11) is 0. The molecular weight excluding hydrogens is 615 g/mol. The first-order chi connectivity index (χ1) is 22.6. The highest BCUT2D eigenvalue weighted by Gasteiger charge is 2.18. The molecule has 0 bridgehead atoms. The molecule has 6 heteroatoms. The zero-order valence-electron chi connectivity index (χ0n) is 25.0. The van der Waals surface area contributed by atoms with E-state index in [-0.39, 0.29) is 25.0 Å². The van der Waals surface area contributed by atoms with E-state index < -0.39 is 0 Å². The molecule has 0 saturated heterocycles. The van der Waals surface area contributed by atoms with Gasteiger partial charge in [-0.05, 0) is 131 Å². The number of halogens is 2. The van der Waals surface area contributed by atoms with Crippen molar-refractivity contribution in [2.24, 2.45) is 0 Å². The van der Waals surface area contributed by atoms with E-state index in [9.17, 15) is 0 Å². The zero-order chi connectivity index (χ0) is 33.0. The van der Waals surface area contributed by atoms with Crippen LogP contribution in [0.15, 0.2) is 48.5 Å². The van der Waals surface area contributed by atoms with E-state index in [0.717, 1.165) is 33.4 Å². The summed E-state index contributed by atoms with van der Waals surface area (Å²) in [4.78, 5) is 0. The molecule has 4 nitrogen and oxygen atoms in total. The molecule has 3 aromatic rings. The fourth-order valence-corrected chi connectivity index (χ4v) is 4.40. The minimum absolute atomic E-state index is 0.0503. The second kappa shape index (κ2) is 19.2. The summed E-state index contributed by atoms with van der Waals surface area (Å²) in [6.45, 7) is 3.49. The molecule has 0 fully saturated rings. The molecule has 0 amide bonds. The van der Waals surface area contributed by atoms with Crippen LogP contribution in [0.1, 0.15) is 25.0 Å². The SMILES string of the molecule is C#CC#CCOc1ccc(-c2cc(CCl)cc(-c3ccc(OC#CC#CC)c(OC#CC#CC)c3)c2CCl)cc1OCC#CC#C. The van der Waals surface area contributed by atoms with Crippen molar-refractivity contribution in [1.29, 1.82) is 0 Å². The zero-order valence-corrected chi connectivity index (χ0v) is 26.5. The van der Waals surface area contributed by atoms with E-state index in [0.29, 0.717) is 23.0 Å². The Labute approximate surface area is 281 Å². The summed E-state index contributed by atoms with van der Waals surface area (Å²) >= 11 is 13.0. The van der Waals surface area contributed by atoms with Gasteiger partial charge in [-0.15, -0.1) is 36.0 Å². The van der Waals surface area contributed by atoms with Crippen LogP contribution in [0.4, 0.5) is 0 Å². The topological polar surface area (TPSA) is 36.9 Å². The van der Waals surface area contributed by atoms with Crippen LogP contribution in [0.25, 0.3) is 22.3 Å². The van der Waals surface area contributed by atoms with E-state index in [1.54, 1.807) is 32.0 Å². The van der Waals surface area contributed by atoms with Crippen LogP contribution >= 0.6 is 23.2 Å². The van der Waals surface area contributed by atoms with Gasteiger partial charge in [-0.2, -0.15) is 0 Å². The molecule has 3 rings (SSSR count). The fraction of sp³-hybridized carbons (Fsp3) is 0.150. The Hall–Kier alpha value is -6.08. The van der Waals surface area contributed by atoms with Crippen molar-refractivity contribution < 1.29 is 18.9 Å². The largest absolute Gasteiger partial charge is 0.477 e. The molecule has 0 unspecified atom stereocenters. The molecule has 0 radical (unpaired) electrons. The van der Waals surface area contributed by atoms with Gasteiger partial charge in [-0.3, -0.25) is 0 Å². The van der Waals surface area contributed by atoms with Gasteiger partial charge < -0.3 is 18.9 Å². The quantitative estimate of drug-likeness (QED) is 0.173. The maximum absolute atomic E-state index is 6.63. The molecule has 0 N–H and O–H groups in total. The van der Waals surface area contributed by atoms with E-state index >= 15 is 0 Å². The normalized spacial score (nSPS) is 8.57. The highest BCUT2D eigenvalue weighted by Crippen LogP contribution is 2.41. The van der Waals surface area contributed by atoms with Crippen molar-refractivity contribution >= 4 is 23.2 Å². The van der Waals surface area contributed by atoms with Gasteiger partial charge in [0.25, 0.3) is 0 Å². The first kappa shape index (κ1) is 34.4. The number of alkyl halides is 2. The Morgan fingerprint density at radius 3 is 1.63 bits per heavy atom. The summed E-state index contributed by atoms with van der Waals surface area (Å²) in [5.41, 5.74) is 4.95. The summed E-state index contributed by atoms with van der Waals surface area (Å²) < 4.78 is 23.0. The lowest BCUT2D eigenvalue weighted by atomic mass is 9.90. The Bertz CT molecular complexity index is 2060. The van der Waals surface area contributed by atoms with E-state index in [1.807, 2.05) is 30.3 Å². The van der Waals surface area contributed by atoms with Gasteiger partial charge in [-0.25, -0.2) is 0 Å². The van der Waals surface area contributed by atoms with Crippen LogP contribution in [0.5, 0.6) is 23.0 Å². The average molecular weight is 640 g/mol. The molecule has 46 heavy (non-hydrogen) atoms. The molecule has 0 spiro atoms. The third-order valence-corrected chi connectivity index (χ3v) is 6.40. The minimum atomic E-state index is 0.0503. The van der Waals surface area contributed by atoms with Crippen molar-refractivity contribution in [1.82, 2.24) is 0 Å². The van der Waals surface area contributed by atoms with Crippen molar-refractivity contribution in [3.8, 4) is 141 Å². The molecule has 0 aliphatic rings. The van der Waals surface area contributed by atoms with Gasteiger partial charge >= 0.3 is 0 Å². The molecule has 0 aliphatic carbocycles. The molecule has 0 aliphatic heterocycles. The summed E-state index contributed by atoms with van der Waals surface area (Å²) in [5.74, 6) is 33.0. The third kappa shape index (κ3) is 9.99. The summed E-state index contributed by atoms with van der Waals surface area (Å²) in [6.07, 6.45) is 15.6. The third-order valence-electron chi connectivity index (χ3n) is 5.83. The number of ether oxygens (including phenoxy) is 4. The van der Waals surface area contributed by atoms with Crippen molar-refractivity contribution in [2.45, 2.75) is 25.6 Å². The Balaban J connectivity index is 2.17. The summed E-state index contributed by atoms with van der Waals surface area (Å²) in [5, 5.41) is 0. The van der Waals surface area contributed by atoms with E-state index in [4.69, 9.17) is 55.0 Å². The van der Waals surface area contributed by atoms with E-state index in [2.05, 4.69) is 83.3 Å². The first-order valence-corrected chi connectivity index (χ1v) is 14.5. The van der Waals surface area contributed by atoms with Crippen LogP contribution in [0.3, 0.4) is 0 Å². The standard InChI is InChI=1S/C40H24Cl2O4/c1-5-9-13-21-43-37-19-17-32(27-39(37)45-23-15-11-7-3)34-25-31(29-41)26-35(36(34)30-42)33-18-20-38(44-22-14-10-6-2)40(28-33)46-24-16-12-8-4/h1,3,17-20,25-28H,21,23,29-30H2,2,4H3. The monoisotopic (exact) mass is 638 g/mol. The Morgan fingerprint density at radius 2 is 1.11 bits per heavy atom. The highest BCUT2D eigenvalue weighted by molar-refractivity contribution is 6.18. The minimum Gasteiger partial charge on any atom is -0.477 e. The molecular formula is C40H24Cl2O4. The number of hydrogen-bond donors (Lipinski definition) is 0. The van der Waals surface area contributed by atoms with Gasteiger partial charge in [0.15, 0.2) is 23.0 Å². The predicted octanol–water partition coefficient (Wildman–Crippen LogP) is 7.26. The Kier molecular flexibility index (Phi) is 14.4. The lowest BCUT2D eigenvalue weighted by Gasteiger charge is -2.18. The number of terminal acetylenes is 2. The highest BCUT2D eigenvalue weighted by atomic mass is 35.5.